The molecule has 1 aliphatic heterocycles. The van der Waals surface area contributed by atoms with Crippen LogP contribution in [0.2, 0.25) is 0 Å². The molecule has 3 rings (SSSR count). The molecular formula is C16H21N5. The van der Waals surface area contributed by atoms with Crippen LogP contribution in [0.25, 0.3) is 0 Å². The third-order valence-corrected chi connectivity index (χ3v) is 3.83. The molecule has 5 heteroatoms. The fourth-order valence-electron chi connectivity index (χ4n) is 2.66. The lowest BCUT2D eigenvalue weighted by molar-refractivity contribution is 0.647. The van der Waals surface area contributed by atoms with Gasteiger partial charge in [0.15, 0.2) is 0 Å². The molecular weight excluding hydrogens is 262 g/mol. The van der Waals surface area contributed by atoms with E-state index in [2.05, 4.69) is 56.3 Å². The quantitative estimate of drug-likeness (QED) is 0.935. The molecule has 1 saturated heterocycles. The van der Waals surface area contributed by atoms with Gasteiger partial charge in [-0.25, -0.2) is 4.98 Å². The largest absolute Gasteiger partial charge is 0.368 e. The number of anilines is 3. The zero-order chi connectivity index (χ0) is 14.7. The van der Waals surface area contributed by atoms with Crippen LogP contribution in [0, 0.1) is 6.92 Å². The van der Waals surface area contributed by atoms with Crippen LogP contribution < -0.4 is 15.1 Å². The summed E-state index contributed by atoms with van der Waals surface area (Å²) in [5, 5.41) is 2.99. The summed E-state index contributed by atoms with van der Waals surface area (Å²) >= 11 is 0. The molecule has 1 N–H and O–H groups in total. The smallest absolute Gasteiger partial charge is 0.224 e. The summed E-state index contributed by atoms with van der Waals surface area (Å²) in [7, 11) is 1.84. The zero-order valence-corrected chi connectivity index (χ0v) is 12.6. The maximum Gasteiger partial charge on any atom is 0.224 e. The third kappa shape index (κ3) is 3.07. The molecule has 2 heterocycles. The molecule has 0 unspecified atom stereocenters. The first-order valence-electron chi connectivity index (χ1n) is 7.33. The molecule has 0 bridgehead atoms. The maximum absolute atomic E-state index is 4.51. The van der Waals surface area contributed by atoms with Crippen LogP contribution >= 0.6 is 0 Å². The third-order valence-electron chi connectivity index (χ3n) is 3.83. The normalized spacial score (nSPS) is 15.1. The van der Waals surface area contributed by atoms with Crippen molar-refractivity contribution >= 4 is 17.5 Å². The summed E-state index contributed by atoms with van der Waals surface area (Å²) in [5.41, 5.74) is 2.62. The first-order valence-corrected chi connectivity index (χ1v) is 7.33. The Morgan fingerprint density at radius 1 is 1.05 bits per heavy atom. The van der Waals surface area contributed by atoms with Crippen LogP contribution in [-0.4, -0.2) is 43.2 Å². The number of rotatable bonds is 3. The molecule has 0 saturated carbocycles. The fraction of sp³-hybridized carbons (Fsp3) is 0.375. The van der Waals surface area contributed by atoms with Gasteiger partial charge in [0.05, 0.1) is 0 Å². The van der Waals surface area contributed by atoms with Crippen molar-refractivity contribution in [2.75, 3.05) is 48.3 Å². The van der Waals surface area contributed by atoms with Crippen LogP contribution in [0.5, 0.6) is 0 Å². The highest BCUT2D eigenvalue weighted by atomic mass is 15.3. The number of benzene rings is 1. The van der Waals surface area contributed by atoms with Gasteiger partial charge in [0.2, 0.25) is 5.95 Å². The fourth-order valence-corrected chi connectivity index (χ4v) is 2.66. The molecule has 1 aromatic heterocycles. The molecule has 0 aliphatic carbocycles. The number of piperazine rings is 1. The molecule has 1 aliphatic rings. The summed E-state index contributed by atoms with van der Waals surface area (Å²) in [6.45, 7) is 6.13. The standard InChI is InChI=1S/C16H21N5/c1-13-4-3-5-14(12-13)20-8-10-21(11-9-20)15-6-7-18-16(17-2)19-15/h3-7,12H,8-11H2,1-2H3,(H,17,18,19). The molecule has 0 atom stereocenters. The Labute approximate surface area is 125 Å². The summed E-state index contributed by atoms with van der Waals surface area (Å²) in [6, 6.07) is 10.7. The lowest BCUT2D eigenvalue weighted by atomic mass is 10.2. The molecule has 0 radical (unpaired) electrons. The van der Waals surface area contributed by atoms with Gasteiger partial charge < -0.3 is 15.1 Å². The highest BCUT2D eigenvalue weighted by Gasteiger charge is 2.18. The summed E-state index contributed by atoms with van der Waals surface area (Å²) in [6.07, 6.45) is 1.81. The number of hydrogen-bond acceptors (Lipinski definition) is 5. The first kappa shape index (κ1) is 13.7. The molecule has 110 valence electrons. The van der Waals surface area contributed by atoms with Crippen molar-refractivity contribution in [3.8, 4) is 0 Å². The molecule has 1 fully saturated rings. The van der Waals surface area contributed by atoms with E-state index >= 15 is 0 Å². The summed E-state index contributed by atoms with van der Waals surface area (Å²) in [5.74, 6) is 1.67. The van der Waals surface area contributed by atoms with Crippen molar-refractivity contribution in [3.63, 3.8) is 0 Å². The number of aromatic nitrogens is 2. The van der Waals surface area contributed by atoms with Crippen LogP contribution in [0.3, 0.4) is 0 Å². The molecule has 0 spiro atoms. The molecule has 21 heavy (non-hydrogen) atoms. The number of nitrogens with zero attached hydrogens (tertiary/aromatic N) is 4. The van der Waals surface area contributed by atoms with Gasteiger partial charge in [-0.05, 0) is 30.7 Å². The average molecular weight is 283 g/mol. The Hall–Kier alpha value is -2.30. The van der Waals surface area contributed by atoms with Crippen molar-refractivity contribution in [1.29, 1.82) is 0 Å². The van der Waals surface area contributed by atoms with E-state index in [9.17, 15) is 0 Å². The van der Waals surface area contributed by atoms with E-state index < -0.39 is 0 Å². The maximum atomic E-state index is 4.51. The second kappa shape index (κ2) is 5.99. The number of nitrogens with one attached hydrogen (secondary N) is 1. The van der Waals surface area contributed by atoms with Gasteiger partial charge >= 0.3 is 0 Å². The van der Waals surface area contributed by atoms with E-state index in [1.165, 1.54) is 11.3 Å². The molecule has 2 aromatic rings. The van der Waals surface area contributed by atoms with Crippen molar-refractivity contribution < 1.29 is 0 Å². The van der Waals surface area contributed by atoms with Crippen molar-refractivity contribution in [2.24, 2.45) is 0 Å². The van der Waals surface area contributed by atoms with Gasteiger partial charge in [0.1, 0.15) is 5.82 Å². The minimum atomic E-state index is 0.675. The zero-order valence-electron chi connectivity index (χ0n) is 12.6. The Morgan fingerprint density at radius 3 is 2.52 bits per heavy atom. The molecule has 1 aromatic carbocycles. The van der Waals surface area contributed by atoms with Gasteiger partial charge in [-0.15, -0.1) is 0 Å². The topological polar surface area (TPSA) is 44.3 Å². The van der Waals surface area contributed by atoms with E-state index in [1.54, 1.807) is 6.20 Å². The molecule has 5 nitrogen and oxygen atoms in total. The van der Waals surface area contributed by atoms with E-state index in [0.29, 0.717) is 5.95 Å². The van der Waals surface area contributed by atoms with Crippen molar-refractivity contribution in [3.05, 3.63) is 42.1 Å². The lowest BCUT2D eigenvalue weighted by Crippen LogP contribution is -2.46. The highest BCUT2D eigenvalue weighted by Crippen LogP contribution is 2.20. The average Bonchev–Trinajstić information content (AvgIpc) is 2.55. The van der Waals surface area contributed by atoms with Gasteiger partial charge in [0, 0.05) is 45.1 Å². The van der Waals surface area contributed by atoms with Crippen molar-refractivity contribution in [2.45, 2.75) is 6.92 Å². The minimum absolute atomic E-state index is 0.675. The number of hydrogen-bond donors (Lipinski definition) is 1. The SMILES string of the molecule is CNc1nccc(N2CCN(c3cccc(C)c3)CC2)n1. The van der Waals surface area contributed by atoms with E-state index in [-0.39, 0.29) is 0 Å². The monoisotopic (exact) mass is 283 g/mol. The molecule has 0 amide bonds. The van der Waals surface area contributed by atoms with Crippen LogP contribution in [0.15, 0.2) is 36.5 Å². The Morgan fingerprint density at radius 2 is 1.81 bits per heavy atom. The first-order chi connectivity index (χ1) is 10.3. The Balaban J connectivity index is 1.67. The Bertz CT molecular complexity index is 605. The number of aryl methyl sites for hydroxylation is 1. The van der Waals surface area contributed by atoms with Gasteiger partial charge in [-0.2, -0.15) is 4.98 Å². The second-order valence-corrected chi connectivity index (χ2v) is 5.30. The van der Waals surface area contributed by atoms with Crippen LogP contribution in [-0.2, 0) is 0 Å². The van der Waals surface area contributed by atoms with Crippen LogP contribution in [0.1, 0.15) is 5.56 Å². The van der Waals surface area contributed by atoms with E-state index in [4.69, 9.17) is 0 Å². The van der Waals surface area contributed by atoms with Gasteiger partial charge in [-0.1, -0.05) is 12.1 Å². The van der Waals surface area contributed by atoms with Gasteiger partial charge in [0.25, 0.3) is 0 Å². The highest BCUT2D eigenvalue weighted by molar-refractivity contribution is 5.51. The van der Waals surface area contributed by atoms with Gasteiger partial charge in [-0.3, -0.25) is 0 Å². The van der Waals surface area contributed by atoms with E-state index in [1.807, 2.05) is 13.1 Å². The second-order valence-electron chi connectivity index (χ2n) is 5.30. The summed E-state index contributed by atoms with van der Waals surface area (Å²) < 4.78 is 0. The minimum Gasteiger partial charge on any atom is -0.368 e. The predicted octanol–water partition coefficient (Wildman–Crippen LogP) is 2.15. The van der Waals surface area contributed by atoms with Crippen molar-refractivity contribution in [1.82, 2.24) is 9.97 Å². The summed E-state index contributed by atoms with van der Waals surface area (Å²) in [4.78, 5) is 13.4. The predicted molar refractivity (Wildman–Crippen MR) is 87.2 cm³/mol. The lowest BCUT2D eigenvalue weighted by Gasteiger charge is -2.36. The van der Waals surface area contributed by atoms with E-state index in [0.717, 1.165) is 32.0 Å². The Kier molecular flexibility index (Phi) is 3.90. The van der Waals surface area contributed by atoms with Crippen LogP contribution in [0.4, 0.5) is 17.5 Å².